The minimum atomic E-state index is -0.0777. The number of amides is 1. The highest BCUT2D eigenvalue weighted by atomic mass is 79.9. The molecule has 0 radical (unpaired) electrons. The summed E-state index contributed by atoms with van der Waals surface area (Å²) in [6.45, 7) is 4.01. The topological polar surface area (TPSA) is 59.8 Å². The summed E-state index contributed by atoms with van der Waals surface area (Å²) in [6, 6.07) is 9.36. The third kappa shape index (κ3) is 6.42. The monoisotopic (exact) mass is 558 g/mol. The van der Waals surface area contributed by atoms with Gasteiger partial charge in [0.05, 0.1) is 11.5 Å². The van der Waals surface area contributed by atoms with Gasteiger partial charge in [0.1, 0.15) is 5.82 Å². The van der Waals surface area contributed by atoms with E-state index in [9.17, 15) is 4.79 Å². The van der Waals surface area contributed by atoms with Crippen molar-refractivity contribution in [2.75, 3.05) is 11.1 Å². The van der Waals surface area contributed by atoms with Crippen LogP contribution in [0.15, 0.2) is 40.0 Å². The summed E-state index contributed by atoms with van der Waals surface area (Å²) in [5.41, 5.74) is 4.01. The van der Waals surface area contributed by atoms with Gasteiger partial charge in [0, 0.05) is 33.0 Å². The Balaban J connectivity index is 1.52. The van der Waals surface area contributed by atoms with Gasteiger partial charge >= 0.3 is 0 Å². The molecule has 0 bridgehead atoms. The SMILES string of the molecule is Cc1c(Br)ccc(NC(=O)CSc2nnc(CSCc3ccc(Cl)cc3Cl)n2C)c1C. The van der Waals surface area contributed by atoms with Crippen LogP contribution >= 0.6 is 62.7 Å². The largest absolute Gasteiger partial charge is 0.325 e. The van der Waals surface area contributed by atoms with E-state index in [1.807, 2.05) is 49.7 Å². The Kier molecular flexibility index (Phi) is 8.75. The number of thioether (sulfide) groups is 2. The van der Waals surface area contributed by atoms with E-state index < -0.39 is 0 Å². The molecular formula is C21H21BrCl2N4OS2. The number of nitrogens with zero attached hydrogens (tertiary/aromatic N) is 3. The number of aromatic nitrogens is 3. The van der Waals surface area contributed by atoms with Gasteiger partial charge in [0.25, 0.3) is 0 Å². The molecule has 10 heteroatoms. The van der Waals surface area contributed by atoms with E-state index >= 15 is 0 Å². The molecule has 1 N–H and O–H groups in total. The first-order valence-electron chi connectivity index (χ1n) is 9.34. The lowest BCUT2D eigenvalue weighted by Gasteiger charge is -2.11. The summed E-state index contributed by atoms with van der Waals surface area (Å²) in [5, 5.41) is 13.5. The van der Waals surface area contributed by atoms with E-state index in [2.05, 4.69) is 31.4 Å². The molecule has 1 aromatic heterocycles. The molecule has 0 atom stereocenters. The normalized spacial score (nSPS) is 11.0. The summed E-state index contributed by atoms with van der Waals surface area (Å²) in [7, 11) is 1.91. The number of halogens is 3. The van der Waals surface area contributed by atoms with Crippen LogP contribution in [-0.4, -0.2) is 26.4 Å². The van der Waals surface area contributed by atoms with Crippen LogP contribution in [0.25, 0.3) is 0 Å². The van der Waals surface area contributed by atoms with Crippen molar-refractivity contribution in [3.05, 3.63) is 67.4 Å². The molecule has 164 valence electrons. The summed E-state index contributed by atoms with van der Waals surface area (Å²) in [5.74, 6) is 2.46. The maximum Gasteiger partial charge on any atom is 0.234 e. The molecular weight excluding hydrogens is 539 g/mol. The zero-order valence-electron chi connectivity index (χ0n) is 17.2. The maximum absolute atomic E-state index is 12.4. The Hall–Kier alpha value is -1.19. The lowest BCUT2D eigenvalue weighted by Crippen LogP contribution is -2.15. The molecule has 31 heavy (non-hydrogen) atoms. The highest BCUT2D eigenvalue weighted by Gasteiger charge is 2.13. The van der Waals surface area contributed by atoms with Crippen LogP contribution in [0, 0.1) is 13.8 Å². The first-order chi connectivity index (χ1) is 14.8. The van der Waals surface area contributed by atoms with Crippen molar-refractivity contribution in [2.24, 2.45) is 7.05 Å². The van der Waals surface area contributed by atoms with Crippen LogP contribution in [0.1, 0.15) is 22.5 Å². The average Bonchev–Trinajstić information content (AvgIpc) is 3.08. The third-order valence-corrected chi connectivity index (χ3v) is 8.20. The van der Waals surface area contributed by atoms with Gasteiger partial charge in [-0.1, -0.05) is 57.0 Å². The Bertz CT molecular complexity index is 1110. The summed E-state index contributed by atoms with van der Waals surface area (Å²) < 4.78 is 2.95. The smallest absolute Gasteiger partial charge is 0.234 e. The Morgan fingerprint density at radius 1 is 1.13 bits per heavy atom. The van der Waals surface area contributed by atoms with Gasteiger partial charge in [-0.2, -0.15) is 0 Å². The molecule has 0 spiro atoms. The molecule has 3 rings (SSSR count). The molecule has 5 nitrogen and oxygen atoms in total. The van der Waals surface area contributed by atoms with Gasteiger partial charge in [-0.25, -0.2) is 0 Å². The molecule has 0 aliphatic rings. The van der Waals surface area contributed by atoms with Gasteiger partial charge in [-0.15, -0.1) is 22.0 Å². The van der Waals surface area contributed by atoms with Crippen LogP contribution < -0.4 is 5.32 Å². The highest BCUT2D eigenvalue weighted by molar-refractivity contribution is 9.10. The van der Waals surface area contributed by atoms with E-state index in [4.69, 9.17) is 23.2 Å². The molecule has 3 aromatic rings. The lowest BCUT2D eigenvalue weighted by molar-refractivity contribution is -0.113. The van der Waals surface area contributed by atoms with Crippen LogP contribution in [0.5, 0.6) is 0 Å². The zero-order chi connectivity index (χ0) is 22.5. The van der Waals surface area contributed by atoms with Crippen molar-refractivity contribution in [2.45, 2.75) is 30.5 Å². The van der Waals surface area contributed by atoms with Crippen LogP contribution in [0.2, 0.25) is 10.0 Å². The predicted molar refractivity (Wildman–Crippen MR) is 135 cm³/mol. The molecule has 0 saturated heterocycles. The molecule has 0 saturated carbocycles. The molecule has 0 unspecified atom stereocenters. The van der Waals surface area contributed by atoms with Crippen molar-refractivity contribution < 1.29 is 4.79 Å². The summed E-state index contributed by atoms with van der Waals surface area (Å²) in [6.07, 6.45) is 0. The van der Waals surface area contributed by atoms with Crippen molar-refractivity contribution in [1.82, 2.24) is 14.8 Å². The lowest BCUT2D eigenvalue weighted by atomic mass is 10.1. The zero-order valence-corrected chi connectivity index (χ0v) is 21.9. The quantitative estimate of drug-likeness (QED) is 0.312. The van der Waals surface area contributed by atoms with Gasteiger partial charge < -0.3 is 9.88 Å². The fourth-order valence-electron chi connectivity index (χ4n) is 2.73. The van der Waals surface area contributed by atoms with Crippen molar-refractivity contribution >= 4 is 74.3 Å². The van der Waals surface area contributed by atoms with Crippen LogP contribution in [0.3, 0.4) is 0 Å². The molecule has 0 aliphatic carbocycles. The predicted octanol–water partition coefficient (Wildman–Crippen LogP) is 6.67. The van der Waals surface area contributed by atoms with Crippen LogP contribution in [-0.2, 0) is 23.3 Å². The number of hydrogen-bond donors (Lipinski definition) is 1. The third-order valence-electron chi connectivity index (χ3n) is 4.76. The second-order valence-corrected chi connectivity index (χ2v) is 10.5. The van der Waals surface area contributed by atoms with Crippen molar-refractivity contribution in [3.63, 3.8) is 0 Å². The van der Waals surface area contributed by atoms with Gasteiger partial charge in [0.15, 0.2) is 5.16 Å². The maximum atomic E-state index is 12.4. The molecule has 0 aliphatic heterocycles. The van der Waals surface area contributed by atoms with Crippen molar-refractivity contribution in [3.8, 4) is 0 Å². The van der Waals surface area contributed by atoms with E-state index in [0.29, 0.717) is 21.0 Å². The van der Waals surface area contributed by atoms with Gasteiger partial charge in [-0.3, -0.25) is 4.79 Å². The Labute approximate surface area is 208 Å². The number of anilines is 1. The highest BCUT2D eigenvalue weighted by Crippen LogP contribution is 2.28. The number of nitrogens with one attached hydrogen (secondary N) is 1. The molecule has 1 amide bonds. The van der Waals surface area contributed by atoms with E-state index in [1.165, 1.54) is 11.8 Å². The number of hydrogen-bond acceptors (Lipinski definition) is 5. The van der Waals surface area contributed by atoms with E-state index in [1.54, 1.807) is 17.8 Å². The number of carbonyl (C=O) groups excluding carboxylic acids is 1. The fourth-order valence-corrected chi connectivity index (χ4v) is 5.45. The molecule has 2 aromatic carbocycles. The molecule has 1 heterocycles. The standard InChI is InChI=1S/C21H21BrCl2N4OS2/c1-12-13(2)18(7-6-16(12)22)25-20(29)11-31-21-27-26-19(28(21)3)10-30-9-14-4-5-15(23)8-17(14)24/h4-8H,9-11H2,1-3H3,(H,25,29). The van der Waals surface area contributed by atoms with E-state index in [-0.39, 0.29) is 11.7 Å². The molecule has 0 fully saturated rings. The Morgan fingerprint density at radius 3 is 2.65 bits per heavy atom. The first-order valence-corrected chi connectivity index (χ1v) is 13.0. The summed E-state index contributed by atoms with van der Waals surface area (Å²) >= 11 is 18.7. The second kappa shape index (κ2) is 11.1. The first kappa shape index (κ1) is 24.5. The average molecular weight is 560 g/mol. The number of benzene rings is 2. The minimum Gasteiger partial charge on any atom is -0.325 e. The van der Waals surface area contributed by atoms with Gasteiger partial charge in [-0.05, 0) is 54.8 Å². The second-order valence-electron chi connectivity index (χ2n) is 6.87. The van der Waals surface area contributed by atoms with Gasteiger partial charge in [0.2, 0.25) is 5.91 Å². The summed E-state index contributed by atoms with van der Waals surface area (Å²) in [4.78, 5) is 12.4. The minimum absolute atomic E-state index is 0.0777. The van der Waals surface area contributed by atoms with Crippen molar-refractivity contribution in [1.29, 1.82) is 0 Å². The van der Waals surface area contributed by atoms with E-state index in [0.717, 1.165) is 38.4 Å². The number of rotatable bonds is 8. The number of carbonyl (C=O) groups is 1. The Morgan fingerprint density at radius 2 is 1.90 bits per heavy atom. The van der Waals surface area contributed by atoms with Crippen LogP contribution in [0.4, 0.5) is 5.69 Å². The fraction of sp³-hybridized carbons (Fsp3) is 0.286.